The van der Waals surface area contributed by atoms with Gasteiger partial charge < -0.3 is 0 Å². The van der Waals surface area contributed by atoms with Crippen LogP contribution in [0.1, 0.15) is 0 Å². The lowest BCUT2D eigenvalue weighted by atomic mass is 9.18. The Balaban J connectivity index is 1.58. The van der Waals surface area contributed by atoms with Gasteiger partial charge in [0.25, 0.3) is 0 Å². The van der Waals surface area contributed by atoms with Crippen LogP contribution >= 0.6 is 0 Å². The molecule has 3 heterocycles. The molecule has 3 aliphatic rings. The molecule has 0 N–H and O–H groups in total. The third kappa shape index (κ3) is 1.88. The lowest BCUT2D eigenvalue weighted by molar-refractivity contribution is 1.63. The fraction of sp³-hybridized carbons (Fsp3) is 0. The molecule has 6 aromatic carbocycles. The van der Waals surface area contributed by atoms with E-state index in [0.29, 0.717) is 6.71 Å². The SMILES string of the molecule is c1ccc(B2c3ccc4cccc5c4c3B3c4c-5cccc4-c4cccc5ccc2c3c45)cc1. The molecule has 0 aliphatic carbocycles. The van der Waals surface area contributed by atoms with Crippen molar-refractivity contribution in [2.45, 2.75) is 0 Å². The van der Waals surface area contributed by atoms with Crippen LogP contribution in [0.25, 0.3) is 43.8 Å². The Morgan fingerprint density at radius 1 is 0.353 bits per heavy atom. The van der Waals surface area contributed by atoms with Crippen LogP contribution in [0.5, 0.6) is 0 Å². The molecular weight excluding hydrogens is 406 g/mol. The highest BCUT2D eigenvalue weighted by atomic mass is 14.3. The third-order valence-electron chi connectivity index (χ3n) is 8.55. The summed E-state index contributed by atoms with van der Waals surface area (Å²) >= 11 is 0. The van der Waals surface area contributed by atoms with E-state index in [1.165, 1.54) is 76.6 Å². The fourth-order valence-corrected chi connectivity index (χ4v) is 7.37. The van der Waals surface area contributed by atoms with Crippen molar-refractivity contribution in [1.82, 2.24) is 0 Å². The molecule has 0 amide bonds. The number of rotatable bonds is 1. The smallest absolute Gasteiger partial charge is 0.0727 e. The van der Waals surface area contributed by atoms with Gasteiger partial charge in [-0.15, -0.1) is 0 Å². The summed E-state index contributed by atoms with van der Waals surface area (Å²) in [6.07, 6.45) is 0. The van der Waals surface area contributed by atoms with Crippen molar-refractivity contribution in [3.63, 3.8) is 0 Å². The maximum absolute atomic E-state index is 2.42. The van der Waals surface area contributed by atoms with Crippen molar-refractivity contribution >= 4 is 67.7 Å². The van der Waals surface area contributed by atoms with Crippen LogP contribution < -0.4 is 32.8 Å². The molecule has 0 bridgehead atoms. The first kappa shape index (κ1) is 17.4. The van der Waals surface area contributed by atoms with Gasteiger partial charge >= 0.3 is 0 Å². The Labute approximate surface area is 199 Å². The molecule has 0 aromatic heterocycles. The normalized spacial score (nSPS) is 13.8. The number of benzene rings is 6. The van der Waals surface area contributed by atoms with Gasteiger partial charge in [-0.25, -0.2) is 0 Å². The molecule has 0 saturated carbocycles. The summed E-state index contributed by atoms with van der Waals surface area (Å²) < 4.78 is 0. The molecule has 0 nitrogen and oxygen atoms in total. The number of fused-ring (bicyclic) bond motifs is 2. The van der Waals surface area contributed by atoms with Crippen LogP contribution in [0.3, 0.4) is 0 Å². The highest BCUT2D eigenvalue weighted by Gasteiger charge is 2.46. The molecule has 0 spiro atoms. The lowest BCUT2D eigenvalue weighted by Gasteiger charge is -2.41. The Morgan fingerprint density at radius 2 is 0.882 bits per heavy atom. The summed E-state index contributed by atoms with van der Waals surface area (Å²) in [5, 5.41) is 5.62. The standard InChI is InChI=1S/C32H18B2/c1-2-9-21(10-3-1)33-26-17-15-19-7-4-11-22-24-13-6-14-25-23-12-5-8-20-16-18-27(33)32(29(20)23)34(30(24)25)31(26)28(19)22/h1-18H. The first-order valence-corrected chi connectivity index (χ1v) is 12.2. The van der Waals surface area contributed by atoms with Gasteiger partial charge in [0.15, 0.2) is 0 Å². The van der Waals surface area contributed by atoms with Crippen LogP contribution in [0, 0.1) is 0 Å². The van der Waals surface area contributed by atoms with E-state index in [1.54, 1.807) is 0 Å². The molecule has 0 atom stereocenters. The van der Waals surface area contributed by atoms with Crippen molar-refractivity contribution in [2.24, 2.45) is 0 Å². The van der Waals surface area contributed by atoms with Crippen molar-refractivity contribution in [1.29, 1.82) is 0 Å². The van der Waals surface area contributed by atoms with Crippen LogP contribution in [0.2, 0.25) is 0 Å². The Morgan fingerprint density at radius 3 is 1.47 bits per heavy atom. The summed E-state index contributed by atoms with van der Waals surface area (Å²) in [5.41, 5.74) is 14.5. The molecule has 2 heteroatoms. The van der Waals surface area contributed by atoms with Crippen molar-refractivity contribution < 1.29 is 0 Å². The average Bonchev–Trinajstić information content (AvgIpc) is 2.91. The van der Waals surface area contributed by atoms with E-state index in [9.17, 15) is 0 Å². The fourth-order valence-electron chi connectivity index (χ4n) is 7.37. The van der Waals surface area contributed by atoms with Gasteiger partial charge in [-0.2, -0.15) is 0 Å². The average molecular weight is 424 g/mol. The van der Waals surface area contributed by atoms with Crippen molar-refractivity contribution in [3.05, 3.63) is 109 Å². The van der Waals surface area contributed by atoms with Gasteiger partial charge in [0.1, 0.15) is 0 Å². The maximum Gasteiger partial charge on any atom is 0.243 e. The number of hydrogen-bond donors (Lipinski definition) is 0. The third-order valence-corrected chi connectivity index (χ3v) is 8.55. The van der Waals surface area contributed by atoms with E-state index in [0.717, 1.165) is 0 Å². The predicted octanol–water partition coefficient (Wildman–Crippen LogP) is 3.30. The predicted molar refractivity (Wildman–Crippen MR) is 148 cm³/mol. The van der Waals surface area contributed by atoms with E-state index in [-0.39, 0.29) is 6.71 Å². The van der Waals surface area contributed by atoms with Crippen LogP contribution in [0.15, 0.2) is 109 Å². The molecule has 9 rings (SSSR count). The van der Waals surface area contributed by atoms with Gasteiger partial charge in [0.05, 0.1) is 0 Å². The van der Waals surface area contributed by atoms with Crippen molar-refractivity contribution in [3.8, 4) is 22.3 Å². The minimum atomic E-state index is 0.254. The lowest BCUT2D eigenvalue weighted by Crippen LogP contribution is -2.76. The second kappa shape index (κ2) is 5.90. The maximum atomic E-state index is 2.42. The topological polar surface area (TPSA) is 0 Å². The second-order valence-corrected chi connectivity index (χ2v) is 9.99. The Bertz CT molecular complexity index is 1750. The van der Waals surface area contributed by atoms with Gasteiger partial charge in [-0.1, -0.05) is 142 Å². The quantitative estimate of drug-likeness (QED) is 0.355. The number of hydrogen-bond acceptors (Lipinski definition) is 0. The summed E-state index contributed by atoms with van der Waals surface area (Å²) in [7, 11) is 0. The highest BCUT2D eigenvalue weighted by molar-refractivity contribution is 7.14. The first-order chi connectivity index (χ1) is 16.9. The summed E-state index contributed by atoms with van der Waals surface area (Å²) in [5.74, 6) is 0. The molecule has 0 fully saturated rings. The van der Waals surface area contributed by atoms with E-state index in [1.807, 2.05) is 0 Å². The van der Waals surface area contributed by atoms with Crippen LogP contribution in [0.4, 0.5) is 0 Å². The van der Waals surface area contributed by atoms with E-state index in [2.05, 4.69) is 109 Å². The molecule has 0 unspecified atom stereocenters. The summed E-state index contributed by atoms with van der Waals surface area (Å²) in [6, 6.07) is 41.3. The van der Waals surface area contributed by atoms with Gasteiger partial charge in [-0.3, -0.25) is 0 Å². The van der Waals surface area contributed by atoms with E-state index < -0.39 is 0 Å². The molecule has 6 aromatic rings. The minimum Gasteiger partial charge on any atom is -0.0727 e. The zero-order chi connectivity index (χ0) is 22.0. The molecule has 3 aliphatic heterocycles. The molecule has 152 valence electrons. The minimum absolute atomic E-state index is 0.254. The Kier molecular flexibility index (Phi) is 3.03. The second-order valence-electron chi connectivity index (χ2n) is 9.99. The molecule has 0 radical (unpaired) electrons. The summed E-state index contributed by atoms with van der Waals surface area (Å²) in [6.45, 7) is 0.553. The van der Waals surface area contributed by atoms with Gasteiger partial charge in [0, 0.05) is 0 Å². The van der Waals surface area contributed by atoms with Gasteiger partial charge in [0.2, 0.25) is 13.4 Å². The van der Waals surface area contributed by atoms with Crippen molar-refractivity contribution in [2.75, 3.05) is 0 Å². The van der Waals surface area contributed by atoms with Gasteiger partial charge in [-0.05, 0) is 43.8 Å². The van der Waals surface area contributed by atoms with Crippen LogP contribution in [-0.4, -0.2) is 13.4 Å². The van der Waals surface area contributed by atoms with E-state index >= 15 is 0 Å². The monoisotopic (exact) mass is 424 g/mol. The summed E-state index contributed by atoms with van der Waals surface area (Å²) in [4.78, 5) is 0. The first-order valence-electron chi connectivity index (χ1n) is 12.2. The zero-order valence-electron chi connectivity index (χ0n) is 18.5. The largest absolute Gasteiger partial charge is 0.243 e. The molecule has 0 saturated heterocycles. The molecular formula is C32H18B2. The molecule has 34 heavy (non-hydrogen) atoms. The Hall–Kier alpha value is -4.03. The highest BCUT2D eigenvalue weighted by Crippen LogP contribution is 2.38. The van der Waals surface area contributed by atoms with Crippen LogP contribution in [-0.2, 0) is 0 Å². The zero-order valence-corrected chi connectivity index (χ0v) is 18.5. The van der Waals surface area contributed by atoms with E-state index in [4.69, 9.17) is 0 Å².